The Morgan fingerprint density at radius 1 is 0.827 bits per heavy atom. The number of nitrogens with zero attached hydrogens (tertiary/aromatic N) is 2. The van der Waals surface area contributed by atoms with E-state index in [2.05, 4.69) is 62.9 Å². The summed E-state index contributed by atoms with van der Waals surface area (Å²) in [5.74, 6) is -0.858. The van der Waals surface area contributed by atoms with Crippen LogP contribution in [0, 0.1) is 52.3 Å². The number of H-pyrrole nitrogens is 1. The Bertz CT molecular complexity index is 1540. The second kappa shape index (κ2) is 19.5. The van der Waals surface area contributed by atoms with Gasteiger partial charge in [-0.3, -0.25) is 24.0 Å². The van der Waals surface area contributed by atoms with Gasteiger partial charge < -0.3 is 36.9 Å². The number of nitrogens with one attached hydrogen (secondary N) is 7. The molecule has 52 heavy (non-hydrogen) atoms. The van der Waals surface area contributed by atoms with Gasteiger partial charge >= 0.3 is 0 Å². The summed E-state index contributed by atoms with van der Waals surface area (Å²) < 4.78 is 0. The second-order valence-electron chi connectivity index (χ2n) is 15.7. The van der Waals surface area contributed by atoms with Gasteiger partial charge in [0, 0.05) is 48.6 Å². The number of hydrogen-bond donors (Lipinski definition) is 7. The van der Waals surface area contributed by atoms with Crippen LogP contribution in [0.15, 0.2) is 16.9 Å². The van der Waals surface area contributed by atoms with Crippen LogP contribution in [-0.4, -0.2) is 72.4 Å². The second-order valence-corrected chi connectivity index (χ2v) is 15.7. The molecule has 4 amide bonds. The van der Waals surface area contributed by atoms with Gasteiger partial charge in [0.15, 0.2) is 0 Å². The van der Waals surface area contributed by atoms with Crippen LogP contribution in [0.25, 0.3) is 0 Å². The first-order chi connectivity index (χ1) is 24.9. The molecule has 7 N–H and O–H groups in total. The van der Waals surface area contributed by atoms with Crippen LogP contribution in [0.5, 0.6) is 0 Å². The van der Waals surface area contributed by atoms with E-state index in [9.17, 15) is 34.5 Å². The van der Waals surface area contributed by atoms with Crippen molar-refractivity contribution in [3.63, 3.8) is 0 Å². The van der Waals surface area contributed by atoms with Crippen LogP contribution >= 0.6 is 0 Å². The van der Waals surface area contributed by atoms with E-state index < -0.39 is 30.1 Å². The van der Waals surface area contributed by atoms with E-state index in [-0.39, 0.29) is 66.3 Å². The maximum atomic E-state index is 13.3. The summed E-state index contributed by atoms with van der Waals surface area (Å²) in [6, 6.07) is 5.10. The zero-order valence-corrected chi connectivity index (χ0v) is 31.1. The fourth-order valence-electron chi connectivity index (χ4n) is 7.07. The average Bonchev–Trinajstić information content (AvgIpc) is 3.94. The molecule has 0 radical (unpaired) electrons. The van der Waals surface area contributed by atoms with Crippen molar-refractivity contribution in [2.75, 3.05) is 19.6 Å². The largest absolute Gasteiger partial charge is 0.356 e. The molecule has 284 valence electrons. The predicted octanol–water partition coefficient (Wildman–Crippen LogP) is 1.84. The fraction of sp³-hybridized carbons (Fsp3) is 0.711. The minimum absolute atomic E-state index is 0.0936. The summed E-state index contributed by atoms with van der Waals surface area (Å²) in [5, 5.41) is 37.6. The molecule has 3 heterocycles. The van der Waals surface area contributed by atoms with E-state index in [4.69, 9.17) is 0 Å². The van der Waals surface area contributed by atoms with Gasteiger partial charge in [-0.05, 0) is 88.2 Å². The van der Waals surface area contributed by atoms with Crippen LogP contribution in [-0.2, 0) is 25.7 Å². The number of aromatic nitrogens is 1. The van der Waals surface area contributed by atoms with Crippen molar-refractivity contribution in [2.45, 2.75) is 122 Å². The van der Waals surface area contributed by atoms with Crippen molar-refractivity contribution in [1.29, 1.82) is 10.5 Å². The van der Waals surface area contributed by atoms with Crippen molar-refractivity contribution in [3.05, 3.63) is 33.7 Å². The zero-order valence-electron chi connectivity index (χ0n) is 31.1. The molecule has 3 aliphatic rings. The number of pyridine rings is 1. The predicted molar refractivity (Wildman–Crippen MR) is 195 cm³/mol. The third-order valence-electron chi connectivity index (χ3n) is 10.2. The van der Waals surface area contributed by atoms with Gasteiger partial charge in [-0.2, -0.15) is 10.5 Å². The Balaban J connectivity index is 1.33. The van der Waals surface area contributed by atoms with Gasteiger partial charge in [-0.15, -0.1) is 0 Å². The van der Waals surface area contributed by atoms with Gasteiger partial charge in [0.2, 0.25) is 23.6 Å². The molecule has 0 aromatic carbocycles. The first-order valence-corrected chi connectivity index (χ1v) is 19.0. The summed E-state index contributed by atoms with van der Waals surface area (Å²) in [4.78, 5) is 67.7. The van der Waals surface area contributed by atoms with E-state index >= 15 is 0 Å². The van der Waals surface area contributed by atoms with E-state index in [1.54, 1.807) is 6.07 Å². The van der Waals surface area contributed by atoms with Gasteiger partial charge in [0.05, 0.1) is 24.2 Å². The van der Waals surface area contributed by atoms with Crippen LogP contribution in [0.2, 0.25) is 0 Å². The van der Waals surface area contributed by atoms with Gasteiger partial charge in [0.25, 0.3) is 5.56 Å². The van der Waals surface area contributed by atoms with Gasteiger partial charge in [-0.1, -0.05) is 33.8 Å². The summed E-state index contributed by atoms with van der Waals surface area (Å²) in [6.45, 7) is 9.92. The van der Waals surface area contributed by atoms with Crippen LogP contribution in [0.4, 0.5) is 0 Å². The molecular weight excluding hydrogens is 662 g/mol. The first-order valence-electron chi connectivity index (χ1n) is 19.0. The number of aromatic amines is 1. The standard InChI is InChI=1S/C38H57N9O5/c1-22(2)12-32(42-19-24-7-8-24)37(51)46-30(18-40)16-27-14-28(21-44-35(27)49)31-10-9-26(36(50)47-31)20-43-33(13-23(3)4)38(52)45-29(17-39)15-25-6-5-11-41-34(25)48/h9-10,22-25,27-30,32-33,42-43H,5-8,11-16,19-21H2,1-4H3,(H,41,48)(H,44,49)(H,45,52)(H,46,51)(H,47,50)/t25-,27-,28?,29-,30-,32-,33-/m0/s1. The van der Waals surface area contributed by atoms with Gasteiger partial charge in [0.1, 0.15) is 12.1 Å². The summed E-state index contributed by atoms with van der Waals surface area (Å²) in [6.07, 6.45) is 5.78. The Morgan fingerprint density at radius 3 is 1.98 bits per heavy atom. The molecule has 0 spiro atoms. The molecule has 3 fully saturated rings. The van der Waals surface area contributed by atoms with Gasteiger partial charge in [-0.25, -0.2) is 0 Å². The summed E-state index contributed by atoms with van der Waals surface area (Å²) >= 11 is 0. The molecule has 1 aromatic rings. The Morgan fingerprint density at radius 2 is 1.42 bits per heavy atom. The fourth-order valence-corrected chi connectivity index (χ4v) is 7.07. The summed E-state index contributed by atoms with van der Waals surface area (Å²) in [7, 11) is 0. The lowest BCUT2D eigenvalue weighted by molar-refractivity contribution is -0.128. The lowest BCUT2D eigenvalue weighted by Crippen LogP contribution is -2.50. The van der Waals surface area contributed by atoms with E-state index in [1.807, 2.05) is 19.9 Å². The van der Waals surface area contributed by atoms with Crippen LogP contribution in [0.3, 0.4) is 0 Å². The highest BCUT2D eigenvalue weighted by Crippen LogP contribution is 2.29. The Labute approximate surface area is 307 Å². The van der Waals surface area contributed by atoms with Crippen molar-refractivity contribution in [3.8, 4) is 12.1 Å². The highest BCUT2D eigenvalue weighted by atomic mass is 16.2. The SMILES string of the molecule is CC(C)C[C@H](NCc1ccc(C2CNC(=O)[C@H](C[C@@H](C#N)NC(=O)[C@H](CC(C)C)NCC3CC3)C2)[nH]c1=O)C(=O)N[C@H](C#N)C[C@@H]1CCCNC1=O. The summed E-state index contributed by atoms with van der Waals surface area (Å²) in [5.41, 5.74) is 0.756. The molecule has 1 saturated carbocycles. The smallest absolute Gasteiger partial charge is 0.252 e. The zero-order chi connectivity index (χ0) is 37.8. The number of piperidine rings is 2. The molecule has 1 aliphatic carbocycles. The maximum Gasteiger partial charge on any atom is 0.252 e. The third kappa shape index (κ3) is 12.4. The van der Waals surface area contributed by atoms with Crippen molar-refractivity contribution in [2.24, 2.45) is 29.6 Å². The number of rotatable bonds is 19. The van der Waals surface area contributed by atoms with Crippen molar-refractivity contribution < 1.29 is 19.2 Å². The molecule has 2 saturated heterocycles. The number of carbonyl (C=O) groups is 4. The van der Waals surface area contributed by atoms with Crippen molar-refractivity contribution >= 4 is 23.6 Å². The first kappa shape index (κ1) is 40.5. The molecule has 14 nitrogen and oxygen atoms in total. The van der Waals surface area contributed by atoms with Crippen LogP contribution in [0.1, 0.15) is 103 Å². The third-order valence-corrected chi connectivity index (χ3v) is 10.2. The molecule has 14 heteroatoms. The molecule has 7 atom stereocenters. The quantitative estimate of drug-likeness (QED) is 0.111. The number of hydrogen-bond acceptors (Lipinski definition) is 9. The molecule has 1 aromatic heterocycles. The Hall–Kier alpha value is -4.27. The highest BCUT2D eigenvalue weighted by Gasteiger charge is 2.34. The average molecular weight is 720 g/mol. The molecular formula is C38H57N9O5. The lowest BCUT2D eigenvalue weighted by Gasteiger charge is -2.31. The number of carbonyl (C=O) groups excluding carboxylic acids is 4. The highest BCUT2D eigenvalue weighted by molar-refractivity contribution is 5.84. The van der Waals surface area contributed by atoms with E-state index in [0.717, 1.165) is 13.0 Å². The molecule has 0 bridgehead atoms. The normalized spacial score (nSPS) is 22.7. The lowest BCUT2D eigenvalue weighted by atomic mass is 9.84. The van der Waals surface area contributed by atoms with Crippen LogP contribution < -0.4 is 37.5 Å². The minimum Gasteiger partial charge on any atom is -0.356 e. The van der Waals surface area contributed by atoms with E-state index in [1.165, 1.54) is 12.8 Å². The molecule has 4 rings (SSSR count). The minimum atomic E-state index is -0.835. The maximum absolute atomic E-state index is 13.3. The number of amides is 4. The molecule has 1 unspecified atom stereocenters. The Kier molecular flexibility index (Phi) is 15.2. The monoisotopic (exact) mass is 719 g/mol. The van der Waals surface area contributed by atoms with E-state index in [0.29, 0.717) is 61.9 Å². The number of nitriles is 2. The topological polar surface area (TPSA) is 221 Å². The molecule has 2 aliphatic heterocycles. The van der Waals surface area contributed by atoms with Crippen molar-refractivity contribution in [1.82, 2.24) is 36.9 Å².